The smallest absolute Gasteiger partial charge is 0.245 e. The second-order valence-electron chi connectivity index (χ2n) is 13.0. The lowest BCUT2D eigenvalue weighted by Gasteiger charge is -2.56. The number of fused-ring (bicyclic) bond motifs is 4. The second kappa shape index (κ2) is 12.0. The van der Waals surface area contributed by atoms with Gasteiger partial charge in [-0.2, -0.15) is 0 Å². The van der Waals surface area contributed by atoms with Gasteiger partial charge in [0.1, 0.15) is 11.5 Å². The van der Waals surface area contributed by atoms with Crippen molar-refractivity contribution in [3.63, 3.8) is 0 Å². The summed E-state index contributed by atoms with van der Waals surface area (Å²) >= 11 is 0. The monoisotopic (exact) mass is 624 g/mol. The lowest BCUT2D eigenvalue weighted by molar-refractivity contribution is -0.234. The van der Waals surface area contributed by atoms with Gasteiger partial charge in [0.15, 0.2) is 34.4 Å². The highest BCUT2D eigenvalue weighted by molar-refractivity contribution is 6.03. The summed E-state index contributed by atoms with van der Waals surface area (Å²) in [6.45, 7) is 12.4. The lowest BCUT2D eigenvalue weighted by atomic mass is 9.62. The Kier molecular flexibility index (Phi) is 8.72. The molecule has 1 spiro atoms. The summed E-state index contributed by atoms with van der Waals surface area (Å²) in [6, 6.07) is 3.99. The summed E-state index contributed by atoms with van der Waals surface area (Å²) in [7, 11) is 9.70. The highest BCUT2D eigenvalue weighted by Crippen LogP contribution is 2.60. The number of ether oxygens (including phenoxy) is 8. The number of rotatable bonds is 9. The third-order valence-electron chi connectivity index (χ3n) is 9.67. The molecule has 0 fully saturated rings. The zero-order chi connectivity index (χ0) is 33.0. The molecule has 3 atom stereocenters. The van der Waals surface area contributed by atoms with Crippen molar-refractivity contribution in [1.29, 1.82) is 0 Å². The van der Waals surface area contributed by atoms with E-state index in [4.69, 9.17) is 37.9 Å². The number of hydrogen-bond acceptors (Lipinski definition) is 9. The van der Waals surface area contributed by atoms with Crippen molar-refractivity contribution in [2.45, 2.75) is 84.0 Å². The third-order valence-corrected chi connectivity index (χ3v) is 9.67. The van der Waals surface area contributed by atoms with Gasteiger partial charge in [0, 0.05) is 34.9 Å². The molecule has 2 aromatic rings. The maximum Gasteiger partial charge on any atom is 0.245 e. The number of ketones is 1. The number of methoxy groups -OCH3 is 6. The first-order valence-corrected chi connectivity index (χ1v) is 15.7. The maximum atomic E-state index is 14.9. The zero-order valence-corrected chi connectivity index (χ0v) is 28.8. The molecule has 9 heteroatoms. The first-order chi connectivity index (χ1) is 21.4. The van der Waals surface area contributed by atoms with Gasteiger partial charge in [0.2, 0.25) is 11.6 Å². The van der Waals surface area contributed by atoms with Gasteiger partial charge in [-0.05, 0) is 49.1 Å². The Hall–Kier alpha value is -3.59. The molecule has 2 aromatic carbocycles. The lowest BCUT2D eigenvalue weighted by Crippen LogP contribution is -2.69. The molecule has 0 bridgehead atoms. The van der Waals surface area contributed by atoms with Crippen molar-refractivity contribution in [3.05, 3.63) is 45.7 Å². The summed E-state index contributed by atoms with van der Waals surface area (Å²) in [5, 5.41) is 0. The van der Waals surface area contributed by atoms with Gasteiger partial charge in [-0.3, -0.25) is 4.79 Å². The average molecular weight is 625 g/mol. The first kappa shape index (κ1) is 32.8. The van der Waals surface area contributed by atoms with Crippen LogP contribution in [0.15, 0.2) is 23.5 Å². The van der Waals surface area contributed by atoms with Crippen LogP contribution in [-0.4, -0.2) is 59.8 Å². The van der Waals surface area contributed by atoms with Crippen molar-refractivity contribution in [1.82, 2.24) is 0 Å². The van der Waals surface area contributed by atoms with Gasteiger partial charge in [0.25, 0.3) is 0 Å². The van der Waals surface area contributed by atoms with Crippen molar-refractivity contribution >= 4 is 5.78 Å². The number of carbonyl (C=O) groups is 1. The Bertz CT molecular complexity index is 1520. The second-order valence-corrected chi connectivity index (χ2v) is 13.0. The Morgan fingerprint density at radius 2 is 1.24 bits per heavy atom. The molecular weight excluding hydrogens is 576 g/mol. The number of benzene rings is 2. The molecule has 9 nitrogen and oxygen atoms in total. The van der Waals surface area contributed by atoms with Crippen molar-refractivity contribution in [2.24, 2.45) is 11.8 Å². The summed E-state index contributed by atoms with van der Waals surface area (Å²) in [6.07, 6.45) is 1.32. The number of Topliss-reactive ketones (excluding diaryl/α,β-unsaturated/α-hetero) is 1. The van der Waals surface area contributed by atoms with E-state index in [0.29, 0.717) is 53.6 Å². The quantitative estimate of drug-likeness (QED) is 0.300. The number of hydrogen-bond donors (Lipinski definition) is 0. The maximum absolute atomic E-state index is 14.9. The zero-order valence-electron chi connectivity index (χ0n) is 28.8. The topological polar surface area (TPSA) is 90.9 Å². The molecule has 3 aliphatic rings. The van der Waals surface area contributed by atoms with E-state index in [1.165, 1.54) is 7.11 Å². The van der Waals surface area contributed by atoms with E-state index in [9.17, 15) is 4.79 Å². The molecule has 0 aromatic heterocycles. The van der Waals surface area contributed by atoms with Crippen molar-refractivity contribution in [3.8, 4) is 34.5 Å². The molecule has 0 unspecified atom stereocenters. The Morgan fingerprint density at radius 1 is 0.711 bits per heavy atom. The summed E-state index contributed by atoms with van der Waals surface area (Å²) < 4.78 is 50.3. The highest BCUT2D eigenvalue weighted by atomic mass is 16.7. The van der Waals surface area contributed by atoms with E-state index in [2.05, 4.69) is 27.7 Å². The predicted octanol–water partition coefficient (Wildman–Crippen LogP) is 6.76. The van der Waals surface area contributed by atoms with Crippen LogP contribution in [0.2, 0.25) is 0 Å². The molecule has 2 heterocycles. The van der Waals surface area contributed by atoms with Gasteiger partial charge in [-0.1, -0.05) is 41.5 Å². The normalized spacial score (nSPS) is 23.8. The summed E-state index contributed by atoms with van der Waals surface area (Å²) in [4.78, 5) is 14.9. The molecule has 45 heavy (non-hydrogen) atoms. The largest absolute Gasteiger partial charge is 0.496 e. The van der Waals surface area contributed by atoms with E-state index in [1.807, 2.05) is 26.0 Å². The Balaban J connectivity index is 1.83. The number of aryl methyl sites for hydroxylation is 1. The average Bonchev–Trinajstić information content (AvgIpc) is 3.03. The molecule has 2 aliphatic heterocycles. The molecule has 5 rings (SSSR count). The minimum Gasteiger partial charge on any atom is -0.496 e. The fourth-order valence-corrected chi connectivity index (χ4v) is 7.80. The van der Waals surface area contributed by atoms with Gasteiger partial charge >= 0.3 is 0 Å². The van der Waals surface area contributed by atoms with E-state index < -0.39 is 17.3 Å². The molecule has 0 N–H and O–H groups in total. The van der Waals surface area contributed by atoms with Crippen LogP contribution in [0.4, 0.5) is 0 Å². The SMILES string of the molecule is COC1=C(C(C)C)[C@@]2(OC)Oc3c(cc(OC)c(C(C)C)c3OC)C[C@H]2[C@@]2(CCc3cc(OC)c(C(C)C)c(OC)c3O2)C1=O. The van der Waals surface area contributed by atoms with Crippen LogP contribution in [0.3, 0.4) is 0 Å². The fourth-order valence-electron chi connectivity index (χ4n) is 7.80. The molecule has 1 aliphatic carbocycles. The molecule has 0 radical (unpaired) electrons. The molecule has 0 amide bonds. The van der Waals surface area contributed by atoms with Crippen LogP contribution in [0.5, 0.6) is 34.5 Å². The molecule has 246 valence electrons. The van der Waals surface area contributed by atoms with Gasteiger partial charge in [0.05, 0.1) is 41.5 Å². The molecular formula is C36H48O9. The van der Waals surface area contributed by atoms with Crippen LogP contribution in [0, 0.1) is 11.8 Å². The third kappa shape index (κ3) is 4.64. The van der Waals surface area contributed by atoms with Crippen LogP contribution < -0.4 is 28.4 Å². The molecule has 0 saturated heterocycles. The first-order valence-electron chi connectivity index (χ1n) is 15.7. The summed E-state index contributed by atoms with van der Waals surface area (Å²) in [5.74, 6) is 1.68. The van der Waals surface area contributed by atoms with Gasteiger partial charge in [-0.25, -0.2) is 0 Å². The Labute approximate surface area is 267 Å². The van der Waals surface area contributed by atoms with Crippen LogP contribution in [0.25, 0.3) is 0 Å². The minimum atomic E-state index is -1.39. The predicted molar refractivity (Wildman–Crippen MR) is 170 cm³/mol. The van der Waals surface area contributed by atoms with E-state index in [-0.39, 0.29) is 29.3 Å². The summed E-state index contributed by atoms with van der Waals surface area (Å²) in [5.41, 5.74) is 2.78. The fraction of sp³-hybridized carbons (Fsp3) is 0.583. The molecule has 0 saturated carbocycles. The van der Waals surface area contributed by atoms with E-state index >= 15 is 0 Å². The van der Waals surface area contributed by atoms with Crippen molar-refractivity contribution in [2.75, 3.05) is 42.7 Å². The van der Waals surface area contributed by atoms with Crippen LogP contribution >= 0.6 is 0 Å². The standard InChI is InChI=1S/C36H48O9/c1-18(2)26-23(38-7)15-21-13-14-35(44-29(21)31(26)40-9)25-17-22-16-24(39-8)27(19(3)4)32(41-10)30(22)45-36(25,43-12)28(20(5)6)33(42-11)34(35)37/h15-16,18-20,25H,13-14,17H2,1-12H3/t25-,35-,36-/m0/s1. The van der Waals surface area contributed by atoms with Crippen molar-refractivity contribution < 1.29 is 42.7 Å². The Morgan fingerprint density at radius 3 is 1.69 bits per heavy atom. The van der Waals surface area contributed by atoms with Crippen LogP contribution in [0.1, 0.15) is 82.1 Å². The highest BCUT2D eigenvalue weighted by Gasteiger charge is 2.69. The van der Waals surface area contributed by atoms with Crippen LogP contribution in [-0.2, 0) is 27.1 Å². The van der Waals surface area contributed by atoms with Gasteiger partial charge in [-0.15, -0.1) is 0 Å². The number of carbonyl (C=O) groups excluding carboxylic acids is 1. The minimum absolute atomic E-state index is 0.0729. The van der Waals surface area contributed by atoms with E-state index in [0.717, 1.165) is 28.0 Å². The van der Waals surface area contributed by atoms with E-state index in [1.54, 1.807) is 35.5 Å². The van der Waals surface area contributed by atoms with Gasteiger partial charge < -0.3 is 37.9 Å².